The fourth-order valence-corrected chi connectivity index (χ4v) is 8.65. The minimum atomic E-state index is -1.77. The maximum absolute atomic E-state index is 13.9. The van der Waals surface area contributed by atoms with E-state index in [-0.39, 0.29) is 53.8 Å². The molecule has 0 aliphatic carbocycles. The summed E-state index contributed by atoms with van der Waals surface area (Å²) in [6.07, 6.45) is -0.978. The van der Waals surface area contributed by atoms with Crippen LogP contribution in [0.25, 0.3) is 0 Å². The number of hydrogen-bond donors (Lipinski definition) is 10. The molecule has 7 amide bonds. The summed E-state index contributed by atoms with van der Waals surface area (Å²) in [6, 6.07) is 9.27. The van der Waals surface area contributed by atoms with Crippen LogP contribution in [0.2, 0.25) is 0 Å². The highest BCUT2D eigenvalue weighted by Gasteiger charge is 2.53. The fourth-order valence-electron chi connectivity index (χ4n) is 8.65. The number of rotatable bonds is 8. The number of nitrogens with one attached hydrogen (secondary N) is 7. The number of anilines is 2. The van der Waals surface area contributed by atoms with Crippen molar-refractivity contribution in [3.8, 4) is 11.5 Å². The Hall–Kier alpha value is -8.37. The third kappa shape index (κ3) is 13.7. The molecule has 3 aromatic carbocycles. The van der Waals surface area contributed by atoms with E-state index in [4.69, 9.17) is 9.47 Å². The number of benzene rings is 3. The first-order chi connectivity index (χ1) is 34.7. The molecule has 0 aromatic heterocycles. The zero-order chi connectivity index (χ0) is 53.0. The molecule has 0 radical (unpaired) electrons. The molecule has 6 rings (SSSR count). The van der Waals surface area contributed by atoms with Gasteiger partial charge in [-0.25, -0.2) is 4.79 Å². The zero-order valence-corrected chi connectivity index (χ0v) is 40.0. The number of aliphatic carboxylic acids is 3. The van der Waals surface area contributed by atoms with Crippen molar-refractivity contribution in [1.29, 1.82) is 0 Å². The van der Waals surface area contributed by atoms with E-state index in [1.807, 2.05) is 0 Å². The summed E-state index contributed by atoms with van der Waals surface area (Å²) in [7, 11) is 0. The number of carboxylic acid groups (broad SMARTS) is 3. The molecular weight excluding hydrogens is 955 g/mol. The summed E-state index contributed by atoms with van der Waals surface area (Å²) in [5.41, 5.74) is 0.365. The molecule has 3 aliphatic rings. The van der Waals surface area contributed by atoms with Gasteiger partial charge in [0.1, 0.15) is 35.7 Å². The monoisotopic (exact) mass is 1010 g/mol. The lowest BCUT2D eigenvalue weighted by molar-refractivity contribution is -0.142. The van der Waals surface area contributed by atoms with E-state index in [2.05, 4.69) is 37.2 Å². The molecule has 4 bridgehead atoms. The van der Waals surface area contributed by atoms with Gasteiger partial charge in [-0.1, -0.05) is 38.5 Å². The van der Waals surface area contributed by atoms with Crippen molar-refractivity contribution in [2.75, 3.05) is 17.2 Å². The molecule has 73 heavy (non-hydrogen) atoms. The Morgan fingerprint density at radius 1 is 0.589 bits per heavy atom. The van der Waals surface area contributed by atoms with Crippen LogP contribution in [0.5, 0.6) is 11.5 Å². The number of carbonyl (C=O) groups excluding carboxylic acids is 8. The minimum Gasteiger partial charge on any atom is -0.481 e. The molecule has 3 aliphatic heterocycles. The van der Waals surface area contributed by atoms with Gasteiger partial charge < -0.3 is 62.0 Å². The molecule has 3 heterocycles. The van der Waals surface area contributed by atoms with Crippen molar-refractivity contribution in [1.82, 2.24) is 26.6 Å². The van der Waals surface area contributed by atoms with Crippen molar-refractivity contribution in [3.05, 3.63) is 82.9 Å². The van der Waals surface area contributed by atoms with Crippen LogP contribution in [0.1, 0.15) is 118 Å². The van der Waals surface area contributed by atoms with Crippen LogP contribution in [-0.4, -0.2) is 111 Å². The summed E-state index contributed by atoms with van der Waals surface area (Å²) in [5, 5.41) is 46.5. The zero-order valence-electron chi connectivity index (χ0n) is 40.0. The lowest BCUT2D eigenvalue weighted by Gasteiger charge is -2.37. The first-order valence-corrected chi connectivity index (χ1v) is 23.8. The molecule has 0 fully saturated rings. The first kappa shape index (κ1) is 54.0. The molecule has 23 nitrogen and oxygen atoms in total. The van der Waals surface area contributed by atoms with Gasteiger partial charge in [0.25, 0.3) is 0 Å². The summed E-state index contributed by atoms with van der Waals surface area (Å²) in [6.45, 7) is 3.30. The quantitative estimate of drug-likeness (QED) is 0.145. The van der Waals surface area contributed by atoms with Crippen LogP contribution in [-0.2, 0) is 58.3 Å². The number of fused-ring (bicyclic) bond motifs is 6. The van der Waals surface area contributed by atoms with Gasteiger partial charge in [0.05, 0.1) is 18.4 Å². The molecule has 5 atom stereocenters. The van der Waals surface area contributed by atoms with Gasteiger partial charge in [0.2, 0.25) is 41.4 Å². The van der Waals surface area contributed by atoms with E-state index < -0.39 is 115 Å². The van der Waals surface area contributed by atoms with Gasteiger partial charge >= 0.3 is 23.9 Å². The summed E-state index contributed by atoms with van der Waals surface area (Å²) in [5.74, 6) is -11.1. The first-order valence-electron chi connectivity index (χ1n) is 23.8. The smallest absolute Gasteiger partial charge is 0.340 e. The van der Waals surface area contributed by atoms with Crippen LogP contribution in [0.3, 0.4) is 0 Å². The Morgan fingerprint density at radius 3 is 1.78 bits per heavy atom. The topological polar surface area (TPSA) is 351 Å². The number of ether oxygens (including phenoxy) is 2. The Bertz CT molecular complexity index is 2690. The fraction of sp³-hybridized carbons (Fsp3) is 0.420. The minimum absolute atomic E-state index is 0.0445. The Balaban J connectivity index is 1.31. The number of hydrogen-bond acceptors (Lipinski definition) is 13. The van der Waals surface area contributed by atoms with Crippen molar-refractivity contribution in [2.45, 2.75) is 121 Å². The molecule has 0 saturated carbocycles. The van der Waals surface area contributed by atoms with Crippen molar-refractivity contribution in [3.63, 3.8) is 0 Å². The summed E-state index contributed by atoms with van der Waals surface area (Å²) >= 11 is 0. The lowest BCUT2D eigenvalue weighted by atomic mass is 9.77. The molecule has 1 spiro atoms. The van der Waals surface area contributed by atoms with Crippen molar-refractivity contribution >= 4 is 76.6 Å². The molecule has 0 saturated heterocycles. The number of esters is 1. The van der Waals surface area contributed by atoms with Crippen LogP contribution < -0.4 is 42.0 Å². The predicted octanol–water partition coefficient (Wildman–Crippen LogP) is 2.79. The van der Waals surface area contributed by atoms with Gasteiger partial charge in [-0.05, 0) is 68.4 Å². The predicted molar refractivity (Wildman–Crippen MR) is 256 cm³/mol. The van der Waals surface area contributed by atoms with Gasteiger partial charge in [-0.3, -0.25) is 47.9 Å². The molecule has 388 valence electrons. The largest absolute Gasteiger partial charge is 0.481 e. The van der Waals surface area contributed by atoms with Gasteiger partial charge in [0, 0.05) is 72.4 Å². The van der Waals surface area contributed by atoms with Crippen molar-refractivity contribution in [2.24, 2.45) is 5.92 Å². The van der Waals surface area contributed by atoms with E-state index in [0.29, 0.717) is 61.0 Å². The standard InChI is InChI=1S/C50H57N7O16/c1-26(2)44-48(70)56-35(25-43(65)66)46(68)53-28-16-18-32-37(23-28)72-36-22-27(15-17-31(36)50(32)30-11-6-5-10-29(30)49(71)73-50)52-39(59)14-8-7-12-38(58)51-21-9-3-4-13-40(60)54-34(24-42(63)64)47(69)55-33(45(67)57-44)19-20-41(61)62/h5-6,10-11,15-18,22-23,26,33-35,44H,3-4,7-9,12-14,19-21,24-25H2,1-2H3,(H,51,58)(H,52,59)(H,53,68)(H,54,60)(H,55,69)(H,56,70)(H,57,67)(H,61,62)(H,63,64)(H,65,66)/t33-,34?,35?,44?,50?/m0/s1. The average molecular weight is 1010 g/mol. The number of carbonyl (C=O) groups is 11. The third-order valence-corrected chi connectivity index (χ3v) is 12.3. The Labute approximate surface area is 417 Å². The van der Waals surface area contributed by atoms with Crippen LogP contribution >= 0.6 is 0 Å². The van der Waals surface area contributed by atoms with Crippen molar-refractivity contribution < 1.29 is 77.5 Å². The molecule has 3 aromatic rings. The lowest BCUT2D eigenvalue weighted by Crippen LogP contribution is -2.59. The maximum Gasteiger partial charge on any atom is 0.340 e. The number of carboxylic acids is 3. The third-order valence-electron chi connectivity index (χ3n) is 12.3. The normalized spacial score (nSPS) is 22.7. The Kier molecular flexibility index (Phi) is 17.9. The second-order valence-electron chi connectivity index (χ2n) is 18.1. The van der Waals surface area contributed by atoms with Gasteiger partial charge in [0.15, 0.2) is 5.60 Å². The average Bonchev–Trinajstić information content (AvgIpc) is 3.62. The summed E-state index contributed by atoms with van der Waals surface area (Å²) < 4.78 is 12.6. The highest BCUT2D eigenvalue weighted by molar-refractivity contribution is 6.02. The summed E-state index contributed by atoms with van der Waals surface area (Å²) in [4.78, 5) is 143. The maximum atomic E-state index is 13.9. The van der Waals surface area contributed by atoms with Crippen LogP contribution in [0, 0.1) is 5.92 Å². The SMILES string of the molecule is CC(C)C1NC(=O)[C@H](CCC(=O)O)NC(=O)C(CC(=O)O)NC(=O)CCCCCNC(=O)CCCCC(=O)Nc2ccc3c(c2)Oc2cc(ccc2C32OC(=O)c3ccccc32)NC(=O)C(CC(=O)O)NC1=O. The van der Waals surface area contributed by atoms with E-state index in [1.165, 1.54) is 26.0 Å². The van der Waals surface area contributed by atoms with E-state index in [0.717, 1.165) is 0 Å². The molecule has 10 N–H and O–H groups in total. The van der Waals surface area contributed by atoms with Gasteiger partial charge in [-0.2, -0.15) is 0 Å². The second kappa shape index (κ2) is 24.2. The van der Waals surface area contributed by atoms with Gasteiger partial charge in [-0.15, -0.1) is 0 Å². The van der Waals surface area contributed by atoms with E-state index in [1.54, 1.807) is 48.5 Å². The van der Waals surface area contributed by atoms with Crippen LogP contribution in [0.15, 0.2) is 60.7 Å². The molecule has 4 unspecified atom stereocenters. The second-order valence-corrected chi connectivity index (χ2v) is 18.1. The highest BCUT2D eigenvalue weighted by Crippen LogP contribution is 2.56. The molecular formula is C50H57N7O16. The van der Waals surface area contributed by atoms with Crippen LogP contribution in [0.4, 0.5) is 11.4 Å². The van der Waals surface area contributed by atoms with E-state index >= 15 is 0 Å². The molecule has 23 heteroatoms. The van der Waals surface area contributed by atoms with E-state index in [9.17, 15) is 68.1 Å². The number of amides is 7. The Morgan fingerprint density at radius 2 is 1.15 bits per heavy atom. The highest BCUT2D eigenvalue weighted by atomic mass is 16.6.